The minimum atomic E-state index is 0.505. The third-order valence-corrected chi connectivity index (χ3v) is 4.78. The summed E-state index contributed by atoms with van der Waals surface area (Å²) >= 11 is 17.2. The summed E-state index contributed by atoms with van der Waals surface area (Å²) in [7, 11) is 1.77. The van der Waals surface area contributed by atoms with Crippen molar-refractivity contribution in [2.75, 3.05) is 17.7 Å². The number of aromatic nitrogens is 1. The van der Waals surface area contributed by atoms with E-state index in [4.69, 9.17) is 23.2 Å². The van der Waals surface area contributed by atoms with Crippen molar-refractivity contribution in [2.45, 2.75) is 6.54 Å². The number of pyridine rings is 1. The zero-order valence-corrected chi connectivity index (χ0v) is 13.3. The topological polar surface area (TPSA) is 37.0 Å². The minimum Gasteiger partial charge on any atom is -0.372 e. The van der Waals surface area contributed by atoms with Gasteiger partial charge in [0.25, 0.3) is 0 Å². The molecule has 0 saturated carbocycles. The Morgan fingerprint density at radius 2 is 2.06 bits per heavy atom. The van der Waals surface area contributed by atoms with Crippen molar-refractivity contribution in [2.24, 2.45) is 0 Å². The molecule has 0 fully saturated rings. The summed E-state index contributed by atoms with van der Waals surface area (Å²) in [6.45, 7) is 0.662. The number of nitrogens with zero attached hydrogens (tertiary/aromatic N) is 1. The number of anilines is 2. The highest BCUT2D eigenvalue weighted by Gasteiger charge is 2.09. The molecule has 2 aromatic heterocycles. The van der Waals surface area contributed by atoms with E-state index < -0.39 is 0 Å². The molecular weight excluding hydrogens is 357 g/mol. The Morgan fingerprint density at radius 3 is 2.67 bits per heavy atom. The van der Waals surface area contributed by atoms with Gasteiger partial charge in [0.15, 0.2) is 0 Å². The lowest BCUT2D eigenvalue weighted by molar-refractivity contribution is 1.13. The summed E-state index contributed by atoms with van der Waals surface area (Å²) < 4.78 is 1.08. The zero-order chi connectivity index (χ0) is 13.1. The Kier molecular flexibility index (Phi) is 4.72. The standard InChI is InChI=1S/C11H10BrCl2N3S/c1-15-10-7(13)4-8(14)11(17-10)16-5-9-6(12)2-3-18-9/h2-4H,5H2,1H3,(H2,15,16,17). The van der Waals surface area contributed by atoms with Crippen molar-refractivity contribution in [3.8, 4) is 0 Å². The molecular formula is C11H10BrCl2N3S. The van der Waals surface area contributed by atoms with Gasteiger partial charge in [-0.3, -0.25) is 0 Å². The van der Waals surface area contributed by atoms with Gasteiger partial charge in [-0.1, -0.05) is 23.2 Å². The van der Waals surface area contributed by atoms with Crippen molar-refractivity contribution in [1.29, 1.82) is 0 Å². The molecule has 0 atom stereocenters. The van der Waals surface area contributed by atoms with Crippen LogP contribution in [0.4, 0.5) is 11.6 Å². The molecule has 2 aromatic rings. The quantitative estimate of drug-likeness (QED) is 0.810. The molecule has 0 aliphatic carbocycles. The highest BCUT2D eigenvalue weighted by atomic mass is 79.9. The van der Waals surface area contributed by atoms with E-state index >= 15 is 0 Å². The van der Waals surface area contributed by atoms with Gasteiger partial charge in [0.1, 0.15) is 11.6 Å². The first-order chi connectivity index (χ1) is 8.61. The summed E-state index contributed by atoms with van der Waals surface area (Å²) in [5, 5.41) is 9.15. The number of halogens is 3. The van der Waals surface area contributed by atoms with E-state index in [0.717, 1.165) is 4.47 Å². The maximum absolute atomic E-state index is 6.09. The van der Waals surface area contributed by atoms with Crippen molar-refractivity contribution >= 4 is 62.1 Å². The number of hydrogen-bond acceptors (Lipinski definition) is 4. The molecule has 3 nitrogen and oxygen atoms in total. The van der Waals surface area contributed by atoms with Crippen LogP contribution in [-0.2, 0) is 6.54 Å². The summed E-state index contributed by atoms with van der Waals surface area (Å²) in [6.07, 6.45) is 0. The van der Waals surface area contributed by atoms with Gasteiger partial charge in [-0.05, 0) is 33.4 Å². The molecule has 0 bridgehead atoms. The Hall–Kier alpha value is -0.490. The van der Waals surface area contributed by atoms with E-state index in [9.17, 15) is 0 Å². The molecule has 0 aliphatic heterocycles. The van der Waals surface area contributed by atoms with Crippen molar-refractivity contribution in [1.82, 2.24) is 4.98 Å². The summed E-state index contributed by atoms with van der Waals surface area (Å²) in [5.74, 6) is 1.22. The predicted octanol–water partition coefficient (Wildman–Crippen LogP) is 4.87. The van der Waals surface area contributed by atoms with Crippen LogP contribution in [0.5, 0.6) is 0 Å². The lowest BCUT2D eigenvalue weighted by atomic mass is 10.4. The number of thiophene rings is 1. The lowest BCUT2D eigenvalue weighted by Gasteiger charge is -2.10. The highest BCUT2D eigenvalue weighted by Crippen LogP contribution is 2.30. The molecule has 2 rings (SSSR count). The molecule has 2 heterocycles. The van der Waals surface area contributed by atoms with Crippen LogP contribution >= 0.6 is 50.5 Å². The molecule has 0 radical (unpaired) electrons. The molecule has 18 heavy (non-hydrogen) atoms. The maximum Gasteiger partial charge on any atom is 0.147 e. The third kappa shape index (κ3) is 3.09. The van der Waals surface area contributed by atoms with Gasteiger partial charge in [0, 0.05) is 16.4 Å². The van der Waals surface area contributed by atoms with E-state index in [0.29, 0.717) is 28.2 Å². The first-order valence-corrected chi connectivity index (χ1v) is 7.54. The second kappa shape index (κ2) is 6.10. The van der Waals surface area contributed by atoms with Gasteiger partial charge in [0.2, 0.25) is 0 Å². The molecule has 7 heteroatoms. The SMILES string of the molecule is CNc1nc(NCc2sccc2Br)c(Cl)cc1Cl. The van der Waals surface area contributed by atoms with Crippen LogP contribution in [0.15, 0.2) is 22.0 Å². The average molecular weight is 367 g/mol. The average Bonchev–Trinajstić information content (AvgIpc) is 2.74. The summed E-state index contributed by atoms with van der Waals surface area (Å²) in [4.78, 5) is 5.51. The number of rotatable bonds is 4. The Morgan fingerprint density at radius 1 is 1.33 bits per heavy atom. The third-order valence-electron chi connectivity index (χ3n) is 2.27. The normalized spacial score (nSPS) is 10.4. The Bertz CT molecular complexity index is 559. The van der Waals surface area contributed by atoms with E-state index in [-0.39, 0.29) is 0 Å². The highest BCUT2D eigenvalue weighted by molar-refractivity contribution is 9.10. The van der Waals surface area contributed by atoms with Crippen molar-refractivity contribution < 1.29 is 0 Å². The van der Waals surface area contributed by atoms with Crippen LogP contribution in [0.1, 0.15) is 4.88 Å². The van der Waals surface area contributed by atoms with Gasteiger partial charge >= 0.3 is 0 Å². The number of hydrogen-bond donors (Lipinski definition) is 2. The van der Waals surface area contributed by atoms with Gasteiger partial charge in [0.05, 0.1) is 16.6 Å². The first-order valence-electron chi connectivity index (χ1n) is 5.11. The summed E-state index contributed by atoms with van der Waals surface area (Å²) in [6, 6.07) is 3.69. The zero-order valence-electron chi connectivity index (χ0n) is 9.43. The summed E-state index contributed by atoms with van der Waals surface area (Å²) in [5.41, 5.74) is 0. The van der Waals surface area contributed by atoms with E-state index in [2.05, 4.69) is 31.5 Å². The van der Waals surface area contributed by atoms with Crippen LogP contribution in [-0.4, -0.2) is 12.0 Å². The monoisotopic (exact) mass is 365 g/mol. The largest absolute Gasteiger partial charge is 0.372 e. The molecule has 2 N–H and O–H groups in total. The fourth-order valence-corrected chi connectivity index (χ4v) is 3.33. The molecule has 0 unspecified atom stereocenters. The Labute approximate surface area is 128 Å². The van der Waals surface area contributed by atoms with Gasteiger partial charge in [-0.25, -0.2) is 4.98 Å². The number of nitrogens with one attached hydrogen (secondary N) is 2. The molecule has 0 aliphatic rings. The second-order valence-electron chi connectivity index (χ2n) is 3.44. The van der Waals surface area contributed by atoms with Crippen LogP contribution in [0, 0.1) is 0 Å². The van der Waals surface area contributed by atoms with Crippen LogP contribution in [0.25, 0.3) is 0 Å². The van der Waals surface area contributed by atoms with E-state index in [1.54, 1.807) is 24.5 Å². The van der Waals surface area contributed by atoms with Crippen molar-refractivity contribution in [3.05, 3.63) is 36.9 Å². The molecule has 0 amide bonds. The molecule has 0 spiro atoms. The van der Waals surface area contributed by atoms with E-state index in [1.807, 2.05) is 11.4 Å². The second-order valence-corrected chi connectivity index (χ2v) is 6.11. The molecule has 0 aromatic carbocycles. The van der Waals surface area contributed by atoms with Gasteiger partial charge in [-0.15, -0.1) is 11.3 Å². The van der Waals surface area contributed by atoms with Gasteiger partial charge in [-0.2, -0.15) is 0 Å². The van der Waals surface area contributed by atoms with Crippen molar-refractivity contribution in [3.63, 3.8) is 0 Å². The molecule has 96 valence electrons. The maximum atomic E-state index is 6.09. The van der Waals surface area contributed by atoms with Gasteiger partial charge < -0.3 is 10.6 Å². The minimum absolute atomic E-state index is 0.505. The fraction of sp³-hybridized carbons (Fsp3) is 0.182. The van der Waals surface area contributed by atoms with E-state index in [1.165, 1.54) is 4.88 Å². The fourth-order valence-electron chi connectivity index (χ4n) is 1.38. The smallest absolute Gasteiger partial charge is 0.147 e. The van der Waals surface area contributed by atoms with Crippen LogP contribution in [0.2, 0.25) is 10.0 Å². The lowest BCUT2D eigenvalue weighted by Crippen LogP contribution is -2.03. The first kappa shape index (κ1) is 13.9. The predicted molar refractivity (Wildman–Crippen MR) is 83.1 cm³/mol. The molecule has 0 saturated heterocycles. The van der Waals surface area contributed by atoms with Crippen LogP contribution < -0.4 is 10.6 Å². The Balaban J connectivity index is 2.16. The van der Waals surface area contributed by atoms with Crippen LogP contribution in [0.3, 0.4) is 0 Å².